The number of nitro groups is 1. The van der Waals surface area contributed by atoms with E-state index in [0.717, 1.165) is 27.6 Å². The van der Waals surface area contributed by atoms with Crippen LogP contribution in [0, 0.1) is 10.1 Å². The van der Waals surface area contributed by atoms with Gasteiger partial charge in [0.2, 0.25) is 11.8 Å². The smallest absolute Gasteiger partial charge is 0.251 e. The van der Waals surface area contributed by atoms with Gasteiger partial charge in [0, 0.05) is 30.2 Å². The molecule has 0 saturated carbocycles. The number of carbonyl (C=O) groups excluding carboxylic acids is 2. The standard InChI is InChI=1S/C31H35N7O5/c1-43-24-14-15-26-25(19-24)23(20-35-26)16-18-37(27(29(32)39)13-8-17-34-31(33)36-38(41)42)30(40)28(21-9-4-2-5-10-21)22-11-6-3-7-12-22/h2-7,9-12,14-15,19-20,27-28,35H,8,13,16-18H2,1H3,(H2,32,39)(H3,33,34,36)/t27-/m0/s1. The number of aromatic amines is 1. The van der Waals surface area contributed by atoms with E-state index in [1.54, 1.807) is 17.4 Å². The Morgan fingerprint density at radius 2 is 1.70 bits per heavy atom. The predicted octanol–water partition coefficient (Wildman–Crippen LogP) is 3.11. The van der Waals surface area contributed by atoms with Crippen LogP contribution in [0.5, 0.6) is 5.75 Å². The van der Waals surface area contributed by atoms with Crippen molar-refractivity contribution in [2.45, 2.75) is 31.2 Å². The van der Waals surface area contributed by atoms with Crippen LogP contribution in [0.1, 0.15) is 35.4 Å². The van der Waals surface area contributed by atoms with Crippen molar-refractivity contribution in [2.75, 3.05) is 20.2 Å². The van der Waals surface area contributed by atoms with Crippen LogP contribution in [0.4, 0.5) is 0 Å². The van der Waals surface area contributed by atoms with Crippen molar-refractivity contribution in [3.05, 3.63) is 112 Å². The zero-order chi connectivity index (χ0) is 30.8. The lowest BCUT2D eigenvalue weighted by molar-refractivity contribution is -0.525. The number of ether oxygens (including phenoxy) is 1. The van der Waals surface area contributed by atoms with E-state index < -0.39 is 22.9 Å². The quantitative estimate of drug-likeness (QED) is 0.0576. The maximum atomic E-state index is 14.5. The Kier molecular flexibility index (Phi) is 10.3. The second-order valence-electron chi connectivity index (χ2n) is 9.96. The molecule has 0 aliphatic rings. The Labute approximate surface area is 248 Å². The zero-order valence-electron chi connectivity index (χ0n) is 23.8. The monoisotopic (exact) mass is 585 g/mol. The lowest BCUT2D eigenvalue weighted by Gasteiger charge is -2.33. The summed E-state index contributed by atoms with van der Waals surface area (Å²) in [6, 6.07) is 23.6. The van der Waals surface area contributed by atoms with Crippen molar-refractivity contribution in [1.29, 1.82) is 0 Å². The Morgan fingerprint density at radius 1 is 1.05 bits per heavy atom. The van der Waals surface area contributed by atoms with Crippen LogP contribution in [-0.2, 0) is 16.0 Å². The van der Waals surface area contributed by atoms with Crippen molar-refractivity contribution >= 4 is 28.7 Å². The van der Waals surface area contributed by atoms with Crippen molar-refractivity contribution in [3.8, 4) is 5.75 Å². The lowest BCUT2D eigenvalue weighted by Crippen LogP contribution is -2.50. The number of nitrogens with one attached hydrogen (secondary N) is 2. The number of aliphatic imine (C=N–C) groups is 1. The fourth-order valence-corrected chi connectivity index (χ4v) is 5.15. The number of hydrazine groups is 1. The average molecular weight is 586 g/mol. The molecular weight excluding hydrogens is 550 g/mol. The van der Waals surface area contributed by atoms with Crippen molar-refractivity contribution < 1.29 is 19.4 Å². The lowest BCUT2D eigenvalue weighted by atomic mass is 9.89. The molecule has 2 amide bonds. The predicted molar refractivity (Wildman–Crippen MR) is 164 cm³/mol. The molecule has 0 unspecified atom stereocenters. The van der Waals surface area contributed by atoms with Crippen LogP contribution in [-0.4, -0.2) is 58.9 Å². The highest BCUT2D eigenvalue weighted by molar-refractivity contribution is 5.92. The Hall–Kier alpha value is -5.39. The van der Waals surface area contributed by atoms with E-state index in [1.165, 1.54) is 0 Å². The Bertz CT molecular complexity index is 1530. The number of hydrogen-bond donors (Lipinski definition) is 4. The number of methoxy groups -OCH3 is 1. The summed E-state index contributed by atoms with van der Waals surface area (Å²) in [6.45, 7) is 0.308. The normalized spacial score (nSPS) is 12.2. The fourth-order valence-electron chi connectivity index (χ4n) is 5.15. The first-order valence-corrected chi connectivity index (χ1v) is 13.8. The minimum absolute atomic E-state index is 0.0987. The molecule has 4 aromatic rings. The average Bonchev–Trinajstić information content (AvgIpc) is 3.41. The third-order valence-corrected chi connectivity index (χ3v) is 7.22. The SMILES string of the molecule is COc1ccc2[nH]cc(CCN(C(=O)C(c3ccccc3)c3ccccc3)[C@@H](CCCN=C(N)N[N+](=O)[O-])C(N)=O)c2c1. The highest BCUT2D eigenvalue weighted by Crippen LogP contribution is 2.30. The maximum absolute atomic E-state index is 14.5. The summed E-state index contributed by atoms with van der Waals surface area (Å²) in [4.78, 5) is 46.8. The van der Waals surface area contributed by atoms with Crippen LogP contribution in [0.25, 0.3) is 10.9 Å². The first-order chi connectivity index (χ1) is 20.8. The summed E-state index contributed by atoms with van der Waals surface area (Å²) < 4.78 is 5.40. The molecule has 4 rings (SSSR count). The van der Waals surface area contributed by atoms with E-state index in [4.69, 9.17) is 16.2 Å². The van der Waals surface area contributed by atoms with Gasteiger partial charge >= 0.3 is 0 Å². The number of hydrogen-bond acceptors (Lipinski definition) is 6. The van der Waals surface area contributed by atoms with Crippen molar-refractivity contribution in [1.82, 2.24) is 15.3 Å². The van der Waals surface area contributed by atoms with E-state index in [-0.39, 0.29) is 31.4 Å². The van der Waals surface area contributed by atoms with Gasteiger partial charge in [-0.2, -0.15) is 0 Å². The summed E-state index contributed by atoms with van der Waals surface area (Å²) >= 11 is 0. The number of guanidine groups is 1. The van der Waals surface area contributed by atoms with Gasteiger partial charge in [0.05, 0.1) is 13.0 Å². The molecule has 0 fully saturated rings. The van der Waals surface area contributed by atoms with E-state index in [1.807, 2.05) is 85.1 Å². The van der Waals surface area contributed by atoms with Crippen LogP contribution in [0.15, 0.2) is 90.1 Å². The Balaban J connectivity index is 1.67. The third kappa shape index (κ3) is 7.88. The van der Waals surface area contributed by atoms with E-state index in [2.05, 4.69) is 9.98 Å². The number of rotatable bonds is 14. The molecule has 12 nitrogen and oxygen atoms in total. The molecule has 0 bridgehead atoms. The second-order valence-corrected chi connectivity index (χ2v) is 9.96. The Morgan fingerprint density at radius 3 is 2.28 bits per heavy atom. The third-order valence-electron chi connectivity index (χ3n) is 7.22. The van der Waals surface area contributed by atoms with Gasteiger partial charge in [-0.25, -0.2) is 15.1 Å². The van der Waals surface area contributed by atoms with Crippen LogP contribution in [0.2, 0.25) is 0 Å². The molecule has 1 atom stereocenters. The first kappa shape index (κ1) is 30.6. The topological polar surface area (TPSA) is 182 Å². The molecule has 3 aromatic carbocycles. The van der Waals surface area contributed by atoms with Gasteiger partial charge in [-0.3, -0.25) is 9.59 Å². The zero-order valence-corrected chi connectivity index (χ0v) is 23.8. The van der Waals surface area contributed by atoms with Gasteiger partial charge in [0.15, 0.2) is 5.03 Å². The summed E-state index contributed by atoms with van der Waals surface area (Å²) in [5.74, 6) is -1.25. The number of fused-ring (bicyclic) bond motifs is 1. The highest BCUT2D eigenvalue weighted by atomic mass is 16.7. The number of benzene rings is 3. The number of nitrogens with two attached hydrogens (primary N) is 2. The fraction of sp³-hybridized carbons (Fsp3) is 0.258. The minimum Gasteiger partial charge on any atom is -0.497 e. The minimum atomic E-state index is -0.956. The van der Waals surface area contributed by atoms with Crippen molar-refractivity contribution in [3.63, 3.8) is 0 Å². The number of aromatic nitrogens is 1. The molecule has 0 spiro atoms. The van der Waals surface area contributed by atoms with E-state index >= 15 is 0 Å². The van der Waals surface area contributed by atoms with Gasteiger partial charge in [-0.05, 0) is 54.2 Å². The number of nitrogens with zero attached hydrogens (tertiary/aromatic N) is 3. The molecule has 43 heavy (non-hydrogen) atoms. The van der Waals surface area contributed by atoms with Crippen LogP contribution < -0.4 is 21.6 Å². The molecule has 0 radical (unpaired) electrons. The number of H-pyrrole nitrogens is 1. The van der Waals surface area contributed by atoms with Gasteiger partial charge in [-0.15, -0.1) is 0 Å². The van der Waals surface area contributed by atoms with Crippen LogP contribution in [0.3, 0.4) is 0 Å². The molecule has 1 aromatic heterocycles. The maximum Gasteiger partial charge on any atom is 0.251 e. The summed E-state index contributed by atoms with van der Waals surface area (Å²) in [5, 5.41) is 10.8. The van der Waals surface area contributed by atoms with E-state index in [0.29, 0.717) is 18.6 Å². The molecule has 1 heterocycles. The largest absolute Gasteiger partial charge is 0.497 e. The van der Waals surface area contributed by atoms with Crippen LogP contribution >= 0.6 is 0 Å². The molecule has 0 saturated heterocycles. The number of carbonyl (C=O) groups is 2. The summed E-state index contributed by atoms with van der Waals surface area (Å²) in [5.41, 5.74) is 16.7. The molecule has 6 N–H and O–H groups in total. The number of primary amides is 1. The molecule has 12 heteroatoms. The second kappa shape index (κ2) is 14.5. The molecular formula is C31H35N7O5. The number of amides is 2. The van der Waals surface area contributed by atoms with Crippen molar-refractivity contribution in [2.24, 2.45) is 16.5 Å². The van der Waals surface area contributed by atoms with Gasteiger partial charge in [-0.1, -0.05) is 66.1 Å². The van der Waals surface area contributed by atoms with Gasteiger partial charge < -0.3 is 26.1 Å². The summed E-state index contributed by atoms with van der Waals surface area (Å²) in [7, 11) is 1.60. The molecule has 0 aliphatic carbocycles. The summed E-state index contributed by atoms with van der Waals surface area (Å²) in [6.07, 6.45) is 2.83. The molecule has 0 aliphatic heterocycles. The van der Waals surface area contributed by atoms with Gasteiger partial charge in [0.25, 0.3) is 5.96 Å². The van der Waals surface area contributed by atoms with Gasteiger partial charge in [0.1, 0.15) is 11.8 Å². The van der Waals surface area contributed by atoms with E-state index in [9.17, 15) is 19.7 Å². The highest BCUT2D eigenvalue weighted by Gasteiger charge is 2.34. The molecule has 224 valence electrons. The first-order valence-electron chi connectivity index (χ1n) is 13.8.